The van der Waals surface area contributed by atoms with Gasteiger partial charge in [0.05, 0.1) is 18.8 Å². The summed E-state index contributed by atoms with van der Waals surface area (Å²) in [6.07, 6.45) is 2.95. The number of halogens is 1. The normalized spacial score (nSPS) is 22.0. The minimum atomic E-state index is -0.371. The maximum absolute atomic E-state index is 13.7. The highest BCUT2D eigenvalue weighted by Gasteiger charge is 2.39. The number of nitrogens with one attached hydrogen (secondary N) is 1. The van der Waals surface area contributed by atoms with E-state index in [1.807, 2.05) is 6.92 Å². The number of likely N-dealkylation sites (tertiary alicyclic amines) is 1. The summed E-state index contributed by atoms with van der Waals surface area (Å²) in [7, 11) is 0. The van der Waals surface area contributed by atoms with E-state index in [9.17, 15) is 9.18 Å². The molecule has 2 heterocycles. The van der Waals surface area contributed by atoms with Gasteiger partial charge in [-0.3, -0.25) is 9.69 Å². The van der Waals surface area contributed by atoms with Crippen LogP contribution in [0.1, 0.15) is 49.0 Å². The fraction of sp³-hybridized carbons (Fsp3) is 0.682. The van der Waals surface area contributed by atoms with Crippen LogP contribution in [0.4, 0.5) is 4.39 Å². The molecule has 2 saturated heterocycles. The Bertz CT molecular complexity index is 668. The molecule has 0 bridgehead atoms. The first-order chi connectivity index (χ1) is 13.4. The molecule has 2 fully saturated rings. The molecule has 1 unspecified atom stereocenters. The van der Waals surface area contributed by atoms with E-state index < -0.39 is 0 Å². The Morgan fingerprint density at radius 2 is 1.93 bits per heavy atom. The van der Waals surface area contributed by atoms with Crippen LogP contribution in [-0.2, 0) is 4.74 Å². The molecular formula is C22H34FN3O2. The number of nitrogens with zero attached hydrogens (tertiary/aromatic N) is 2. The third-order valence-corrected chi connectivity index (χ3v) is 6.42. The van der Waals surface area contributed by atoms with Crippen molar-refractivity contribution in [1.82, 2.24) is 15.1 Å². The van der Waals surface area contributed by atoms with Gasteiger partial charge >= 0.3 is 0 Å². The predicted molar refractivity (Wildman–Crippen MR) is 109 cm³/mol. The molecule has 0 radical (unpaired) electrons. The number of amides is 1. The number of ether oxygens (including phenoxy) is 1. The van der Waals surface area contributed by atoms with E-state index in [4.69, 9.17) is 4.74 Å². The van der Waals surface area contributed by atoms with Crippen LogP contribution >= 0.6 is 0 Å². The highest BCUT2D eigenvalue weighted by Crippen LogP contribution is 2.27. The lowest BCUT2D eigenvalue weighted by molar-refractivity contribution is 0.00942. The number of hydrogen-bond donors (Lipinski definition) is 1. The van der Waals surface area contributed by atoms with Gasteiger partial charge in [-0.25, -0.2) is 4.39 Å². The average molecular weight is 392 g/mol. The fourth-order valence-corrected chi connectivity index (χ4v) is 4.31. The van der Waals surface area contributed by atoms with Gasteiger partial charge in [0, 0.05) is 44.3 Å². The summed E-state index contributed by atoms with van der Waals surface area (Å²) in [5.41, 5.74) is 0.958. The van der Waals surface area contributed by atoms with Crippen LogP contribution in [0.15, 0.2) is 18.2 Å². The summed E-state index contributed by atoms with van der Waals surface area (Å²) in [6, 6.07) is 4.98. The lowest BCUT2D eigenvalue weighted by Gasteiger charge is -2.46. The summed E-state index contributed by atoms with van der Waals surface area (Å²) >= 11 is 0. The molecule has 156 valence electrons. The second-order valence-electron chi connectivity index (χ2n) is 8.38. The predicted octanol–water partition coefficient (Wildman–Crippen LogP) is 2.83. The van der Waals surface area contributed by atoms with Crippen molar-refractivity contribution in [3.8, 4) is 0 Å². The molecule has 0 spiro atoms. The van der Waals surface area contributed by atoms with Gasteiger partial charge in [-0.15, -0.1) is 0 Å². The highest BCUT2D eigenvalue weighted by molar-refractivity contribution is 5.96. The molecule has 1 aromatic rings. The van der Waals surface area contributed by atoms with Crippen molar-refractivity contribution in [2.24, 2.45) is 0 Å². The summed E-state index contributed by atoms with van der Waals surface area (Å²) < 4.78 is 19.2. The number of carbonyl (C=O) groups is 1. The molecule has 6 heteroatoms. The van der Waals surface area contributed by atoms with Gasteiger partial charge in [-0.1, -0.05) is 13.0 Å². The molecule has 0 aromatic heterocycles. The van der Waals surface area contributed by atoms with Crippen LogP contribution in [0.2, 0.25) is 0 Å². The molecule has 1 aromatic carbocycles. The Kier molecular flexibility index (Phi) is 7.07. The standard InChI is InChI=1S/C22H34FN3O2/c1-4-18(3)26-9-7-22(8-10-26,16-25-11-13-28-14-12-25)24-21(27)20-15-19(23)6-5-17(20)2/h5-6,15,18H,4,7-14,16H2,1-3H3,(H,24,27). The number of aryl methyl sites for hydroxylation is 1. The zero-order valence-electron chi connectivity index (χ0n) is 17.5. The van der Waals surface area contributed by atoms with Crippen molar-refractivity contribution in [2.75, 3.05) is 45.9 Å². The van der Waals surface area contributed by atoms with Crippen molar-refractivity contribution < 1.29 is 13.9 Å². The van der Waals surface area contributed by atoms with Crippen LogP contribution in [0.25, 0.3) is 0 Å². The van der Waals surface area contributed by atoms with Gasteiger partial charge in [0.15, 0.2) is 0 Å². The Balaban J connectivity index is 1.76. The number of rotatable bonds is 6. The Morgan fingerprint density at radius 1 is 1.25 bits per heavy atom. The third-order valence-electron chi connectivity index (χ3n) is 6.42. The van der Waals surface area contributed by atoms with Crippen molar-refractivity contribution in [2.45, 2.75) is 51.6 Å². The number of piperidine rings is 1. The number of morpholine rings is 1. The van der Waals surface area contributed by atoms with Crippen LogP contribution in [-0.4, -0.2) is 73.2 Å². The first-order valence-electron chi connectivity index (χ1n) is 10.6. The summed E-state index contributed by atoms with van der Waals surface area (Å²) in [5, 5.41) is 3.33. The van der Waals surface area contributed by atoms with Crippen LogP contribution in [0, 0.1) is 12.7 Å². The first kappa shape index (κ1) is 21.2. The van der Waals surface area contributed by atoms with Gasteiger partial charge < -0.3 is 15.0 Å². The van der Waals surface area contributed by atoms with Gasteiger partial charge in [-0.2, -0.15) is 0 Å². The number of carbonyl (C=O) groups excluding carboxylic acids is 1. The van der Waals surface area contributed by atoms with E-state index >= 15 is 0 Å². The number of hydrogen-bond acceptors (Lipinski definition) is 4. The molecular weight excluding hydrogens is 357 g/mol. The largest absolute Gasteiger partial charge is 0.379 e. The maximum Gasteiger partial charge on any atom is 0.252 e. The quantitative estimate of drug-likeness (QED) is 0.810. The van der Waals surface area contributed by atoms with E-state index in [0.717, 1.165) is 70.8 Å². The minimum absolute atomic E-state index is 0.165. The third kappa shape index (κ3) is 5.10. The SMILES string of the molecule is CCC(C)N1CCC(CN2CCOCC2)(NC(=O)c2cc(F)ccc2C)CC1. The van der Waals surface area contributed by atoms with E-state index in [-0.39, 0.29) is 17.3 Å². The highest BCUT2D eigenvalue weighted by atomic mass is 19.1. The first-order valence-corrected chi connectivity index (χ1v) is 10.6. The topological polar surface area (TPSA) is 44.8 Å². The molecule has 2 aliphatic rings. The zero-order valence-corrected chi connectivity index (χ0v) is 17.5. The molecule has 3 rings (SSSR count). The molecule has 0 saturated carbocycles. The molecule has 1 atom stereocenters. The molecule has 5 nitrogen and oxygen atoms in total. The van der Waals surface area contributed by atoms with Gasteiger partial charge in [0.1, 0.15) is 5.82 Å². The zero-order chi connectivity index (χ0) is 20.1. The van der Waals surface area contributed by atoms with Crippen molar-refractivity contribution in [1.29, 1.82) is 0 Å². The van der Waals surface area contributed by atoms with Crippen LogP contribution < -0.4 is 5.32 Å². The van der Waals surface area contributed by atoms with E-state index in [2.05, 4.69) is 29.0 Å². The second kappa shape index (κ2) is 9.33. The van der Waals surface area contributed by atoms with Crippen LogP contribution in [0.5, 0.6) is 0 Å². The van der Waals surface area contributed by atoms with Crippen molar-refractivity contribution in [3.05, 3.63) is 35.1 Å². The fourth-order valence-electron chi connectivity index (χ4n) is 4.31. The smallest absolute Gasteiger partial charge is 0.252 e. The summed E-state index contributed by atoms with van der Waals surface area (Å²) in [6.45, 7) is 12.4. The van der Waals surface area contributed by atoms with Gasteiger partial charge in [0.25, 0.3) is 5.91 Å². The van der Waals surface area contributed by atoms with E-state index in [1.54, 1.807) is 6.07 Å². The second-order valence-corrected chi connectivity index (χ2v) is 8.38. The molecule has 1 amide bonds. The van der Waals surface area contributed by atoms with Gasteiger partial charge in [0.2, 0.25) is 0 Å². The minimum Gasteiger partial charge on any atom is -0.379 e. The summed E-state index contributed by atoms with van der Waals surface area (Å²) in [4.78, 5) is 18.0. The monoisotopic (exact) mass is 391 g/mol. The molecule has 2 aliphatic heterocycles. The van der Waals surface area contributed by atoms with Crippen molar-refractivity contribution in [3.63, 3.8) is 0 Å². The van der Waals surface area contributed by atoms with E-state index in [1.165, 1.54) is 12.1 Å². The Morgan fingerprint density at radius 3 is 2.57 bits per heavy atom. The number of benzene rings is 1. The molecule has 28 heavy (non-hydrogen) atoms. The lowest BCUT2D eigenvalue weighted by Crippen LogP contribution is -2.62. The maximum atomic E-state index is 13.7. The Hall–Kier alpha value is -1.50. The Labute approximate surface area is 168 Å². The van der Waals surface area contributed by atoms with Crippen LogP contribution in [0.3, 0.4) is 0 Å². The molecule has 1 N–H and O–H groups in total. The average Bonchev–Trinajstić information content (AvgIpc) is 2.70. The lowest BCUT2D eigenvalue weighted by atomic mass is 9.85. The van der Waals surface area contributed by atoms with Gasteiger partial charge in [-0.05, 0) is 50.8 Å². The van der Waals surface area contributed by atoms with Crippen molar-refractivity contribution >= 4 is 5.91 Å². The molecule has 0 aliphatic carbocycles. The summed E-state index contributed by atoms with van der Waals surface area (Å²) in [5.74, 6) is -0.535. The van der Waals surface area contributed by atoms with E-state index in [0.29, 0.717) is 11.6 Å².